The minimum atomic E-state index is -1.56. The molecule has 5 rings (SSSR count). The summed E-state index contributed by atoms with van der Waals surface area (Å²) in [5.41, 5.74) is -3.48. The van der Waals surface area contributed by atoms with Crippen molar-refractivity contribution in [3.05, 3.63) is 48.0 Å². The average Bonchev–Trinajstić information content (AvgIpc) is 3.23. The minimum absolute atomic E-state index is 0.102. The normalized spacial score (nSPS) is 37.6. The molecule has 0 heterocycles. The van der Waals surface area contributed by atoms with E-state index in [4.69, 9.17) is 18.9 Å². The fourth-order valence-corrected chi connectivity index (χ4v) is 11.0. The van der Waals surface area contributed by atoms with Crippen LogP contribution in [0.2, 0.25) is 0 Å². The third-order valence-corrected chi connectivity index (χ3v) is 12.5. The van der Waals surface area contributed by atoms with Crippen molar-refractivity contribution >= 4 is 29.7 Å². The lowest BCUT2D eigenvalue weighted by Gasteiger charge is -2.60. The number of rotatable bonds is 8. The molecular weight excluding hydrogens is 618 g/mol. The molecule has 11 atom stereocenters. The van der Waals surface area contributed by atoms with Gasteiger partial charge in [0.25, 0.3) is 0 Å². The first-order valence-corrected chi connectivity index (χ1v) is 16.7. The molecule has 0 aliphatic heterocycles. The molecule has 262 valence electrons. The predicted octanol–water partition coefficient (Wildman–Crippen LogP) is 3.96. The number of ketones is 1. The van der Waals surface area contributed by atoms with Gasteiger partial charge in [0.05, 0.1) is 11.5 Å². The maximum Gasteiger partial charge on any atom is 0.337 e. The van der Waals surface area contributed by atoms with Crippen molar-refractivity contribution in [3.63, 3.8) is 0 Å². The zero-order valence-electron chi connectivity index (χ0n) is 29.4. The third kappa shape index (κ3) is 4.63. The fraction of sp³-hybridized carbons (Fsp3) is 0.649. The van der Waals surface area contributed by atoms with E-state index >= 15 is 0 Å². The zero-order chi connectivity index (χ0) is 35.7. The van der Waals surface area contributed by atoms with Crippen LogP contribution in [-0.2, 0) is 42.9 Å². The fourth-order valence-electron chi connectivity index (χ4n) is 11.0. The Bertz CT molecular complexity index is 1520. The molecule has 1 N–H and O–H groups in total. The van der Waals surface area contributed by atoms with E-state index < -0.39 is 93.9 Å². The van der Waals surface area contributed by atoms with Crippen LogP contribution >= 0.6 is 0 Å². The number of hydrogen-bond acceptors (Lipinski definition) is 11. The number of carbonyl (C=O) groups excluding carboxylic acids is 5. The van der Waals surface area contributed by atoms with Crippen LogP contribution in [0.3, 0.4) is 0 Å². The van der Waals surface area contributed by atoms with E-state index in [-0.39, 0.29) is 25.0 Å². The second-order valence-electron chi connectivity index (χ2n) is 15.2. The number of likely N-dealkylation sites (N-methyl/N-ethyl adjacent to an activating group) is 1. The van der Waals surface area contributed by atoms with Gasteiger partial charge in [-0.15, -0.1) is 0 Å². The third-order valence-electron chi connectivity index (χ3n) is 12.5. The SMILES string of the molecule is C=C1[C@@H](OC(=O)[C@H](O)[C@H](c2ccccc2)N(C)C)CC[C@]2(C)[C@@H](OC(C)=O)[C@@H](OC(C)=O)[C@@]34[C@@H](C)C(=O)C[C@@H]([C@@H](OC(C)=O)[C@@]132)C4(C)C. The number of benzene rings is 1. The van der Waals surface area contributed by atoms with Crippen LogP contribution in [-0.4, -0.2) is 84.3 Å². The van der Waals surface area contributed by atoms with Gasteiger partial charge in [-0.1, -0.05) is 64.6 Å². The summed E-state index contributed by atoms with van der Waals surface area (Å²) in [4.78, 5) is 68.2. The summed E-state index contributed by atoms with van der Waals surface area (Å²) in [7, 11) is 3.52. The van der Waals surface area contributed by atoms with Gasteiger partial charge in [-0.05, 0) is 43.5 Å². The molecule has 0 amide bonds. The second-order valence-corrected chi connectivity index (χ2v) is 15.2. The molecule has 0 radical (unpaired) electrons. The van der Waals surface area contributed by atoms with Gasteiger partial charge in [-0.25, -0.2) is 4.79 Å². The number of ether oxygens (including phenoxy) is 4. The number of Topliss-reactive ketones (excluding diaryl/α,β-unsaturated/α-hetero) is 1. The maximum absolute atomic E-state index is 14.0. The first kappa shape index (κ1) is 35.7. The minimum Gasteiger partial charge on any atom is -0.461 e. The van der Waals surface area contributed by atoms with Crippen molar-refractivity contribution in [3.8, 4) is 0 Å². The van der Waals surface area contributed by atoms with Gasteiger partial charge in [0, 0.05) is 49.9 Å². The highest BCUT2D eigenvalue weighted by Gasteiger charge is 2.92. The van der Waals surface area contributed by atoms with Crippen molar-refractivity contribution in [2.45, 2.75) is 104 Å². The van der Waals surface area contributed by atoms with Crippen molar-refractivity contribution in [1.29, 1.82) is 0 Å². The van der Waals surface area contributed by atoms with E-state index in [2.05, 4.69) is 6.58 Å². The average molecular weight is 668 g/mol. The molecule has 1 aromatic rings. The van der Waals surface area contributed by atoms with Crippen LogP contribution in [0.25, 0.3) is 0 Å². The van der Waals surface area contributed by atoms with E-state index in [0.29, 0.717) is 5.57 Å². The molecule has 4 aliphatic rings. The Labute approximate surface area is 282 Å². The summed E-state index contributed by atoms with van der Waals surface area (Å²) in [6.07, 6.45) is -5.04. The molecule has 0 saturated heterocycles. The van der Waals surface area contributed by atoms with Gasteiger partial charge < -0.3 is 24.1 Å². The topological polar surface area (TPSA) is 146 Å². The predicted molar refractivity (Wildman–Crippen MR) is 173 cm³/mol. The Morgan fingerprint density at radius 3 is 1.98 bits per heavy atom. The smallest absolute Gasteiger partial charge is 0.337 e. The van der Waals surface area contributed by atoms with Gasteiger partial charge in [0.1, 0.15) is 30.2 Å². The number of aliphatic hydroxyl groups is 1. The van der Waals surface area contributed by atoms with Crippen molar-refractivity contribution < 1.29 is 48.0 Å². The number of aliphatic hydroxyl groups excluding tert-OH is 1. The Morgan fingerprint density at radius 2 is 1.44 bits per heavy atom. The summed E-state index contributed by atoms with van der Waals surface area (Å²) in [6, 6.07) is 8.42. The second kappa shape index (κ2) is 12.1. The van der Waals surface area contributed by atoms with E-state index in [0.717, 1.165) is 5.56 Å². The van der Waals surface area contributed by atoms with Crippen LogP contribution in [0, 0.1) is 33.5 Å². The van der Waals surface area contributed by atoms with Crippen LogP contribution in [0.5, 0.6) is 0 Å². The lowest BCUT2D eigenvalue weighted by molar-refractivity contribution is -0.194. The molecule has 2 bridgehead atoms. The monoisotopic (exact) mass is 667 g/mol. The number of fused-ring (bicyclic) bond motifs is 1. The summed E-state index contributed by atoms with van der Waals surface area (Å²) in [6.45, 7) is 16.1. The molecule has 1 aromatic carbocycles. The van der Waals surface area contributed by atoms with Crippen LogP contribution < -0.4 is 0 Å². The number of esters is 4. The van der Waals surface area contributed by atoms with Crippen molar-refractivity contribution in [2.24, 2.45) is 33.5 Å². The van der Waals surface area contributed by atoms with Gasteiger partial charge in [0.15, 0.2) is 6.10 Å². The van der Waals surface area contributed by atoms with E-state index in [1.54, 1.807) is 25.9 Å². The summed E-state index contributed by atoms with van der Waals surface area (Å²) < 4.78 is 24.7. The maximum atomic E-state index is 14.0. The van der Waals surface area contributed by atoms with Crippen LogP contribution in [0.15, 0.2) is 42.5 Å². The van der Waals surface area contributed by atoms with E-state index in [1.807, 2.05) is 51.1 Å². The summed E-state index contributed by atoms with van der Waals surface area (Å²) >= 11 is 0. The van der Waals surface area contributed by atoms with Crippen LogP contribution in [0.4, 0.5) is 0 Å². The first-order valence-electron chi connectivity index (χ1n) is 16.7. The molecule has 11 nitrogen and oxygen atoms in total. The standard InChI is InChI=1S/C37H49NO10/c1-19-26(42)18-25-30(45-21(3)39)37-20(2)27(48-33(44)29(43)28(38(9)10)24-14-12-11-13-15-24)16-17-35(37,8)31(46-22(4)40)32(47-23(5)41)36(19,37)34(25,6)7/h11-15,19,25,27-32,43H,2,16-18H2,1,3-10H3/t19-,25-,27-,28-,29+,30+,31-,32+,35+,36+,37+/m0/s1. The van der Waals surface area contributed by atoms with E-state index in [1.165, 1.54) is 20.8 Å². The van der Waals surface area contributed by atoms with Crippen molar-refractivity contribution in [1.82, 2.24) is 4.90 Å². The summed E-state index contributed by atoms with van der Waals surface area (Å²) in [5.74, 6) is -4.04. The van der Waals surface area contributed by atoms with Gasteiger partial charge in [-0.3, -0.25) is 24.1 Å². The molecule has 4 saturated carbocycles. The largest absolute Gasteiger partial charge is 0.461 e. The molecule has 0 aromatic heterocycles. The Hall–Kier alpha value is -3.57. The lowest BCUT2D eigenvalue weighted by atomic mass is 9.42. The number of nitrogens with zero attached hydrogens (tertiary/aromatic N) is 1. The highest BCUT2D eigenvalue weighted by atomic mass is 16.6. The molecular formula is C37H49NO10. The highest BCUT2D eigenvalue weighted by Crippen LogP contribution is 2.86. The lowest BCUT2D eigenvalue weighted by Crippen LogP contribution is -2.63. The quantitative estimate of drug-likeness (QED) is 0.244. The van der Waals surface area contributed by atoms with Gasteiger partial charge >= 0.3 is 23.9 Å². The van der Waals surface area contributed by atoms with Crippen LogP contribution in [0.1, 0.15) is 79.3 Å². The highest BCUT2D eigenvalue weighted by molar-refractivity contribution is 5.86. The van der Waals surface area contributed by atoms with E-state index in [9.17, 15) is 29.1 Å². The Morgan fingerprint density at radius 1 is 0.896 bits per heavy atom. The first-order chi connectivity index (χ1) is 22.3. The van der Waals surface area contributed by atoms with Gasteiger partial charge in [0.2, 0.25) is 0 Å². The zero-order valence-corrected chi connectivity index (χ0v) is 29.4. The molecule has 4 aliphatic carbocycles. The van der Waals surface area contributed by atoms with Crippen molar-refractivity contribution in [2.75, 3.05) is 14.1 Å². The number of carbonyl (C=O) groups is 5. The molecule has 2 spiro atoms. The molecule has 4 fully saturated rings. The van der Waals surface area contributed by atoms with Gasteiger partial charge in [-0.2, -0.15) is 0 Å². The molecule has 0 unspecified atom stereocenters. The Kier molecular flexibility index (Phi) is 9.00. The molecule has 11 heteroatoms. The number of hydrogen-bond donors (Lipinski definition) is 1. The molecule has 48 heavy (non-hydrogen) atoms. The Balaban J connectivity index is 1.71. The summed E-state index contributed by atoms with van der Waals surface area (Å²) in [5, 5.41) is 11.4.